The highest BCUT2D eigenvalue weighted by atomic mass is 16.5. The van der Waals surface area contributed by atoms with Crippen molar-refractivity contribution >= 4 is 10.9 Å². The number of rotatable bonds is 1. The first-order chi connectivity index (χ1) is 7.84. The van der Waals surface area contributed by atoms with Crippen molar-refractivity contribution in [3.05, 3.63) is 42.1 Å². The van der Waals surface area contributed by atoms with Crippen molar-refractivity contribution in [1.29, 1.82) is 0 Å². The van der Waals surface area contributed by atoms with Gasteiger partial charge in [-0.2, -0.15) is 0 Å². The number of hydrogen-bond acceptors (Lipinski definition) is 3. The second-order valence-electron chi connectivity index (χ2n) is 4.20. The molecule has 0 spiro atoms. The standard InChI is InChI=1S/C13H14N2O/c14-11-5-7-16-13(11)10-3-4-12-9(8-10)2-1-6-15-12/h1-4,6,8,11,13H,5,7,14H2. The van der Waals surface area contributed by atoms with E-state index in [0.717, 1.165) is 29.5 Å². The first-order valence-electron chi connectivity index (χ1n) is 5.56. The molecule has 0 amide bonds. The molecule has 0 saturated carbocycles. The maximum Gasteiger partial charge on any atom is 0.0976 e. The molecule has 1 aromatic carbocycles. The van der Waals surface area contributed by atoms with Gasteiger partial charge in [0.1, 0.15) is 0 Å². The molecule has 2 atom stereocenters. The summed E-state index contributed by atoms with van der Waals surface area (Å²) in [5.41, 5.74) is 8.18. The molecule has 2 aromatic rings. The summed E-state index contributed by atoms with van der Waals surface area (Å²) in [5.74, 6) is 0. The van der Waals surface area contributed by atoms with Crippen LogP contribution < -0.4 is 5.73 Å². The Morgan fingerprint density at radius 2 is 2.25 bits per heavy atom. The molecule has 1 aliphatic heterocycles. The van der Waals surface area contributed by atoms with Gasteiger partial charge in [-0.25, -0.2) is 0 Å². The van der Waals surface area contributed by atoms with Gasteiger partial charge < -0.3 is 10.5 Å². The highest BCUT2D eigenvalue weighted by molar-refractivity contribution is 5.79. The van der Waals surface area contributed by atoms with Crippen molar-refractivity contribution in [3.8, 4) is 0 Å². The summed E-state index contributed by atoms with van der Waals surface area (Å²) in [6.45, 7) is 0.761. The highest BCUT2D eigenvalue weighted by Gasteiger charge is 2.26. The van der Waals surface area contributed by atoms with Gasteiger partial charge in [0.15, 0.2) is 0 Å². The van der Waals surface area contributed by atoms with Crippen LogP contribution in [0.4, 0.5) is 0 Å². The van der Waals surface area contributed by atoms with Gasteiger partial charge in [-0.1, -0.05) is 12.1 Å². The van der Waals surface area contributed by atoms with Crippen LogP contribution in [0, 0.1) is 0 Å². The smallest absolute Gasteiger partial charge is 0.0976 e. The summed E-state index contributed by atoms with van der Waals surface area (Å²) >= 11 is 0. The largest absolute Gasteiger partial charge is 0.372 e. The Bertz CT molecular complexity index is 512. The minimum atomic E-state index is 0.0459. The van der Waals surface area contributed by atoms with Crippen molar-refractivity contribution in [1.82, 2.24) is 4.98 Å². The zero-order chi connectivity index (χ0) is 11.0. The third-order valence-electron chi connectivity index (χ3n) is 3.09. The summed E-state index contributed by atoms with van der Waals surface area (Å²) in [7, 11) is 0. The number of benzene rings is 1. The van der Waals surface area contributed by atoms with Crippen LogP contribution in [0.25, 0.3) is 10.9 Å². The molecule has 1 aliphatic rings. The number of aromatic nitrogens is 1. The second kappa shape index (κ2) is 3.85. The minimum absolute atomic E-state index is 0.0459. The summed E-state index contributed by atoms with van der Waals surface area (Å²) in [6, 6.07) is 10.3. The topological polar surface area (TPSA) is 48.1 Å². The molecule has 2 heterocycles. The third kappa shape index (κ3) is 1.58. The molecule has 16 heavy (non-hydrogen) atoms. The van der Waals surface area contributed by atoms with E-state index in [1.807, 2.05) is 12.1 Å². The number of ether oxygens (including phenoxy) is 1. The number of hydrogen-bond donors (Lipinski definition) is 1. The lowest BCUT2D eigenvalue weighted by Gasteiger charge is -2.15. The zero-order valence-electron chi connectivity index (χ0n) is 8.97. The van der Waals surface area contributed by atoms with E-state index in [4.69, 9.17) is 10.5 Å². The molecular formula is C13H14N2O. The van der Waals surface area contributed by atoms with E-state index in [2.05, 4.69) is 23.2 Å². The molecule has 0 aliphatic carbocycles. The van der Waals surface area contributed by atoms with Gasteiger partial charge in [-0.3, -0.25) is 4.98 Å². The van der Waals surface area contributed by atoms with Crippen molar-refractivity contribution in [2.24, 2.45) is 5.73 Å². The van der Waals surface area contributed by atoms with Crippen molar-refractivity contribution in [2.75, 3.05) is 6.61 Å². The predicted octanol–water partition coefficient (Wildman–Crippen LogP) is 2.02. The molecule has 2 N–H and O–H groups in total. The Kier molecular flexibility index (Phi) is 2.35. The normalized spacial score (nSPS) is 25.1. The number of pyridine rings is 1. The Morgan fingerprint density at radius 3 is 3.06 bits per heavy atom. The van der Waals surface area contributed by atoms with Gasteiger partial charge in [0.25, 0.3) is 0 Å². The fraction of sp³-hybridized carbons (Fsp3) is 0.308. The Balaban J connectivity index is 2.04. The maximum atomic E-state index is 6.01. The van der Waals surface area contributed by atoms with Gasteiger partial charge in [-0.05, 0) is 30.2 Å². The van der Waals surface area contributed by atoms with Crippen LogP contribution in [0.15, 0.2) is 36.5 Å². The fourth-order valence-electron chi connectivity index (χ4n) is 2.22. The van der Waals surface area contributed by atoms with E-state index in [1.165, 1.54) is 0 Å². The lowest BCUT2D eigenvalue weighted by Crippen LogP contribution is -2.23. The molecule has 2 unspecified atom stereocenters. The first-order valence-corrected chi connectivity index (χ1v) is 5.56. The molecule has 3 heteroatoms. The van der Waals surface area contributed by atoms with E-state index in [0.29, 0.717) is 0 Å². The lowest BCUT2D eigenvalue weighted by atomic mass is 10.0. The molecule has 1 aromatic heterocycles. The van der Waals surface area contributed by atoms with Crippen molar-refractivity contribution in [2.45, 2.75) is 18.6 Å². The molecule has 0 radical (unpaired) electrons. The van der Waals surface area contributed by atoms with E-state index in [1.54, 1.807) is 6.20 Å². The summed E-state index contributed by atoms with van der Waals surface area (Å²) in [4.78, 5) is 4.30. The van der Waals surface area contributed by atoms with Gasteiger partial charge in [-0.15, -0.1) is 0 Å². The highest BCUT2D eigenvalue weighted by Crippen LogP contribution is 2.29. The molecular weight excluding hydrogens is 200 g/mol. The quantitative estimate of drug-likeness (QED) is 0.790. The summed E-state index contributed by atoms with van der Waals surface area (Å²) < 4.78 is 5.65. The van der Waals surface area contributed by atoms with Crippen LogP contribution >= 0.6 is 0 Å². The van der Waals surface area contributed by atoms with Crippen LogP contribution in [-0.4, -0.2) is 17.6 Å². The van der Waals surface area contributed by atoms with Crippen molar-refractivity contribution in [3.63, 3.8) is 0 Å². The second-order valence-corrected chi connectivity index (χ2v) is 4.20. The van der Waals surface area contributed by atoms with E-state index >= 15 is 0 Å². The molecule has 1 fully saturated rings. The maximum absolute atomic E-state index is 6.01. The summed E-state index contributed by atoms with van der Waals surface area (Å²) in [5, 5.41) is 1.14. The Morgan fingerprint density at radius 1 is 1.31 bits per heavy atom. The van der Waals surface area contributed by atoms with Gasteiger partial charge in [0.2, 0.25) is 0 Å². The van der Waals surface area contributed by atoms with Gasteiger partial charge in [0, 0.05) is 24.2 Å². The SMILES string of the molecule is NC1CCOC1c1ccc2ncccc2c1. The monoisotopic (exact) mass is 214 g/mol. The predicted molar refractivity (Wildman–Crippen MR) is 63.0 cm³/mol. The van der Waals surface area contributed by atoms with E-state index in [9.17, 15) is 0 Å². The van der Waals surface area contributed by atoms with Gasteiger partial charge in [0.05, 0.1) is 11.6 Å². The molecule has 0 bridgehead atoms. The molecule has 82 valence electrons. The molecule has 1 saturated heterocycles. The van der Waals surface area contributed by atoms with Crippen LogP contribution in [0.2, 0.25) is 0 Å². The van der Waals surface area contributed by atoms with E-state index in [-0.39, 0.29) is 12.1 Å². The average molecular weight is 214 g/mol. The Hall–Kier alpha value is -1.45. The number of nitrogens with two attached hydrogens (primary N) is 1. The Labute approximate surface area is 94.2 Å². The first kappa shape index (κ1) is 9.75. The van der Waals surface area contributed by atoms with Crippen LogP contribution in [0.3, 0.4) is 0 Å². The average Bonchev–Trinajstić information content (AvgIpc) is 2.75. The number of fused-ring (bicyclic) bond motifs is 1. The van der Waals surface area contributed by atoms with Crippen LogP contribution in [0.5, 0.6) is 0 Å². The van der Waals surface area contributed by atoms with Crippen LogP contribution in [-0.2, 0) is 4.74 Å². The number of nitrogens with zero attached hydrogens (tertiary/aromatic N) is 1. The summed E-state index contributed by atoms with van der Waals surface area (Å²) in [6.07, 6.45) is 2.79. The molecule has 3 rings (SSSR count). The fourth-order valence-corrected chi connectivity index (χ4v) is 2.22. The minimum Gasteiger partial charge on any atom is -0.372 e. The van der Waals surface area contributed by atoms with Crippen LogP contribution in [0.1, 0.15) is 18.1 Å². The van der Waals surface area contributed by atoms with Gasteiger partial charge >= 0.3 is 0 Å². The van der Waals surface area contributed by atoms with Crippen molar-refractivity contribution < 1.29 is 4.74 Å². The third-order valence-corrected chi connectivity index (χ3v) is 3.09. The van der Waals surface area contributed by atoms with E-state index < -0.39 is 0 Å². The molecule has 3 nitrogen and oxygen atoms in total. The lowest BCUT2D eigenvalue weighted by molar-refractivity contribution is 0.105. The zero-order valence-corrected chi connectivity index (χ0v) is 8.97.